The highest BCUT2D eigenvalue weighted by atomic mass is 35.5. The zero-order valence-corrected chi connectivity index (χ0v) is 9.63. The summed E-state index contributed by atoms with van der Waals surface area (Å²) in [6.45, 7) is 0. The fourth-order valence-electron chi connectivity index (χ4n) is 1.62. The van der Waals surface area contributed by atoms with Crippen molar-refractivity contribution in [3.05, 3.63) is 41.2 Å². The molecule has 0 aliphatic rings. The largest absolute Gasteiger partial charge is 0.478 e. The van der Waals surface area contributed by atoms with Gasteiger partial charge >= 0.3 is 5.97 Å². The van der Waals surface area contributed by atoms with Gasteiger partial charge in [0.05, 0.1) is 5.56 Å². The molecule has 3 aromatic heterocycles. The summed E-state index contributed by atoms with van der Waals surface area (Å²) >= 11 is 5.69. The molecule has 0 amide bonds. The lowest BCUT2D eigenvalue weighted by molar-refractivity contribution is 0.0696. The summed E-state index contributed by atoms with van der Waals surface area (Å²) in [5.41, 5.74) is 0.670. The molecule has 0 unspecified atom stereocenters. The highest BCUT2D eigenvalue weighted by Crippen LogP contribution is 2.23. The van der Waals surface area contributed by atoms with Gasteiger partial charge in [0.25, 0.3) is 0 Å². The Labute approximate surface area is 105 Å². The van der Waals surface area contributed by atoms with E-state index in [9.17, 15) is 4.79 Å². The lowest BCUT2D eigenvalue weighted by Gasteiger charge is -1.98. The van der Waals surface area contributed by atoms with Crippen LogP contribution in [0.1, 0.15) is 10.4 Å². The van der Waals surface area contributed by atoms with Crippen LogP contribution in [-0.4, -0.2) is 25.7 Å². The minimum Gasteiger partial charge on any atom is -0.478 e. The summed E-state index contributed by atoms with van der Waals surface area (Å²) in [6, 6.07) is 6.26. The number of carboxylic acid groups (broad SMARTS) is 1. The minimum absolute atomic E-state index is 0.140. The normalized spacial score (nSPS) is 10.9. The van der Waals surface area contributed by atoms with Gasteiger partial charge < -0.3 is 9.52 Å². The van der Waals surface area contributed by atoms with Crippen LogP contribution in [0.3, 0.4) is 0 Å². The maximum absolute atomic E-state index is 10.9. The van der Waals surface area contributed by atoms with E-state index < -0.39 is 5.97 Å². The molecule has 3 heterocycles. The summed E-state index contributed by atoms with van der Waals surface area (Å²) < 4.78 is 6.77. The zero-order chi connectivity index (χ0) is 12.7. The average molecular weight is 264 g/mol. The van der Waals surface area contributed by atoms with Gasteiger partial charge in [-0.25, -0.2) is 4.79 Å². The molecule has 0 spiro atoms. The van der Waals surface area contributed by atoms with E-state index in [0.29, 0.717) is 17.2 Å². The van der Waals surface area contributed by atoms with Crippen LogP contribution in [0, 0.1) is 0 Å². The molecule has 90 valence electrons. The first-order valence-corrected chi connectivity index (χ1v) is 5.37. The number of furan rings is 1. The van der Waals surface area contributed by atoms with Crippen LogP contribution >= 0.6 is 11.6 Å². The van der Waals surface area contributed by atoms with E-state index in [-0.39, 0.29) is 10.8 Å². The number of fused-ring (bicyclic) bond motifs is 1. The predicted molar refractivity (Wildman–Crippen MR) is 62.7 cm³/mol. The lowest BCUT2D eigenvalue weighted by atomic mass is 10.3. The van der Waals surface area contributed by atoms with Gasteiger partial charge in [-0.15, -0.1) is 10.2 Å². The highest BCUT2D eigenvalue weighted by molar-refractivity contribution is 6.28. The van der Waals surface area contributed by atoms with Gasteiger partial charge in [-0.3, -0.25) is 4.40 Å². The van der Waals surface area contributed by atoms with Gasteiger partial charge in [0, 0.05) is 6.20 Å². The second kappa shape index (κ2) is 3.85. The first-order valence-electron chi connectivity index (χ1n) is 4.99. The number of pyridine rings is 1. The van der Waals surface area contributed by atoms with Crippen LogP contribution < -0.4 is 0 Å². The number of hydrogen-bond acceptors (Lipinski definition) is 4. The molecule has 0 fully saturated rings. The molecule has 3 aromatic rings. The van der Waals surface area contributed by atoms with Crippen molar-refractivity contribution in [3.63, 3.8) is 0 Å². The van der Waals surface area contributed by atoms with Crippen molar-refractivity contribution < 1.29 is 14.3 Å². The molecule has 1 N–H and O–H groups in total. The summed E-state index contributed by atoms with van der Waals surface area (Å²) in [5.74, 6) is -0.191. The molecule has 0 radical (unpaired) electrons. The summed E-state index contributed by atoms with van der Waals surface area (Å²) in [5, 5.41) is 17.0. The van der Waals surface area contributed by atoms with Gasteiger partial charge in [-0.2, -0.15) is 0 Å². The van der Waals surface area contributed by atoms with E-state index in [1.807, 2.05) is 0 Å². The molecular formula is C11H6ClN3O3. The molecule has 0 aliphatic carbocycles. The number of rotatable bonds is 2. The number of nitrogens with zero attached hydrogens (tertiary/aromatic N) is 3. The first kappa shape index (κ1) is 10.8. The van der Waals surface area contributed by atoms with Crippen molar-refractivity contribution in [1.82, 2.24) is 14.6 Å². The Bertz CT molecular complexity index is 747. The second-order valence-corrected chi connectivity index (χ2v) is 3.95. The summed E-state index contributed by atoms with van der Waals surface area (Å²) in [4.78, 5) is 10.9. The number of carboxylic acids is 1. The molecule has 0 bridgehead atoms. The first-order chi connectivity index (χ1) is 8.65. The molecule has 0 saturated carbocycles. The van der Waals surface area contributed by atoms with Gasteiger partial charge in [-0.1, -0.05) is 0 Å². The number of halogens is 1. The van der Waals surface area contributed by atoms with E-state index in [2.05, 4.69) is 10.2 Å². The lowest BCUT2D eigenvalue weighted by Crippen LogP contribution is -1.99. The average Bonchev–Trinajstić information content (AvgIpc) is 2.93. The van der Waals surface area contributed by atoms with Crippen molar-refractivity contribution in [1.29, 1.82) is 0 Å². The fourth-order valence-corrected chi connectivity index (χ4v) is 1.77. The van der Waals surface area contributed by atoms with E-state index in [1.165, 1.54) is 12.3 Å². The maximum Gasteiger partial charge on any atom is 0.337 e. The molecule has 0 aromatic carbocycles. The van der Waals surface area contributed by atoms with Crippen LogP contribution in [0.2, 0.25) is 5.22 Å². The monoisotopic (exact) mass is 263 g/mol. The van der Waals surface area contributed by atoms with Gasteiger partial charge in [0.15, 0.2) is 16.6 Å². The standard InChI is InChI=1S/C11H6ClN3O3/c12-8-3-2-7(18-8)10-14-13-9-4-1-6(11(16)17)5-15(9)10/h1-5H,(H,16,17). The Kier molecular flexibility index (Phi) is 2.31. The Morgan fingerprint density at radius 3 is 2.78 bits per heavy atom. The van der Waals surface area contributed by atoms with Crippen molar-refractivity contribution in [2.24, 2.45) is 0 Å². The van der Waals surface area contributed by atoms with Gasteiger partial charge in [-0.05, 0) is 35.9 Å². The van der Waals surface area contributed by atoms with Crippen LogP contribution in [0.25, 0.3) is 17.2 Å². The summed E-state index contributed by atoms with van der Waals surface area (Å²) in [6.07, 6.45) is 1.43. The number of hydrogen-bond donors (Lipinski definition) is 1. The number of aromatic nitrogens is 3. The van der Waals surface area contributed by atoms with Gasteiger partial charge in [0.2, 0.25) is 5.82 Å². The van der Waals surface area contributed by atoms with E-state index in [1.54, 1.807) is 22.6 Å². The third-order valence-electron chi connectivity index (χ3n) is 2.44. The van der Waals surface area contributed by atoms with Crippen molar-refractivity contribution in [2.45, 2.75) is 0 Å². The molecule has 0 aliphatic heterocycles. The topological polar surface area (TPSA) is 80.6 Å². The molecule has 0 saturated heterocycles. The number of aromatic carboxylic acids is 1. The predicted octanol–water partition coefficient (Wildman–Crippen LogP) is 2.34. The molecule has 6 nitrogen and oxygen atoms in total. The van der Waals surface area contributed by atoms with Crippen molar-refractivity contribution >= 4 is 23.2 Å². The molecule has 0 atom stereocenters. The molecule has 3 rings (SSSR count). The maximum atomic E-state index is 10.9. The molecule has 7 heteroatoms. The Balaban J connectivity index is 2.23. The smallest absolute Gasteiger partial charge is 0.337 e. The third kappa shape index (κ3) is 1.63. The number of carbonyl (C=O) groups is 1. The Morgan fingerprint density at radius 2 is 2.11 bits per heavy atom. The van der Waals surface area contributed by atoms with Crippen molar-refractivity contribution in [3.8, 4) is 11.6 Å². The zero-order valence-electron chi connectivity index (χ0n) is 8.87. The Morgan fingerprint density at radius 1 is 1.28 bits per heavy atom. The van der Waals surface area contributed by atoms with E-state index in [4.69, 9.17) is 21.1 Å². The molecule has 18 heavy (non-hydrogen) atoms. The summed E-state index contributed by atoms with van der Waals surface area (Å²) in [7, 11) is 0. The third-order valence-corrected chi connectivity index (χ3v) is 2.65. The van der Waals surface area contributed by atoms with E-state index in [0.717, 1.165) is 0 Å². The van der Waals surface area contributed by atoms with Crippen LogP contribution in [0.5, 0.6) is 0 Å². The second-order valence-electron chi connectivity index (χ2n) is 3.58. The SMILES string of the molecule is O=C(O)c1ccc2nnc(-c3ccc(Cl)o3)n2c1. The fraction of sp³-hybridized carbons (Fsp3) is 0. The Hall–Kier alpha value is -2.34. The van der Waals surface area contributed by atoms with Crippen LogP contribution in [0.4, 0.5) is 0 Å². The highest BCUT2D eigenvalue weighted by Gasteiger charge is 2.13. The van der Waals surface area contributed by atoms with Gasteiger partial charge in [0.1, 0.15) is 0 Å². The molecular weight excluding hydrogens is 258 g/mol. The van der Waals surface area contributed by atoms with Crippen LogP contribution in [-0.2, 0) is 0 Å². The van der Waals surface area contributed by atoms with Crippen LogP contribution in [0.15, 0.2) is 34.9 Å². The van der Waals surface area contributed by atoms with Crippen molar-refractivity contribution in [2.75, 3.05) is 0 Å². The quantitative estimate of drug-likeness (QED) is 0.767. The van der Waals surface area contributed by atoms with E-state index >= 15 is 0 Å². The minimum atomic E-state index is -1.02.